The van der Waals surface area contributed by atoms with Crippen molar-refractivity contribution in [3.8, 4) is 0 Å². The van der Waals surface area contributed by atoms with Gasteiger partial charge >= 0.3 is 5.97 Å². The Morgan fingerprint density at radius 1 is 1.27 bits per heavy atom. The predicted octanol–water partition coefficient (Wildman–Crippen LogP) is -2.14. The van der Waals surface area contributed by atoms with Crippen molar-refractivity contribution in [3.05, 3.63) is 18.2 Å². The summed E-state index contributed by atoms with van der Waals surface area (Å²) in [4.78, 5) is 69.3. The Labute approximate surface area is 190 Å². The zero-order valence-electron chi connectivity index (χ0n) is 18.6. The lowest BCUT2D eigenvalue weighted by molar-refractivity contribution is -0.145. The fourth-order valence-electron chi connectivity index (χ4n) is 3.67. The van der Waals surface area contributed by atoms with Gasteiger partial charge in [-0.2, -0.15) is 0 Å². The van der Waals surface area contributed by atoms with Gasteiger partial charge in [-0.1, -0.05) is 13.8 Å². The van der Waals surface area contributed by atoms with E-state index in [1.165, 1.54) is 17.4 Å². The molecule has 8 N–H and O–H groups in total. The van der Waals surface area contributed by atoms with E-state index >= 15 is 0 Å². The number of amides is 4. The second-order valence-corrected chi connectivity index (χ2v) is 8.38. The van der Waals surface area contributed by atoms with Crippen LogP contribution in [0.25, 0.3) is 0 Å². The molecule has 0 spiro atoms. The molecule has 1 saturated heterocycles. The standard InChI is InChI=1S/C20H31N7O6/c1-10(2)16(20(32)33)26-18(30)14-4-3-5-27(14)19(31)13(6-11-8-23-9-24-11)25-17(29)12(21)7-15(22)28/h8-10,12-14,16H,3-7,21H2,1-2H3,(H2,22,28)(H,23,24)(H,25,29)(H,26,30)(H,32,33). The molecule has 2 heterocycles. The maximum atomic E-state index is 13.4. The van der Waals surface area contributed by atoms with Crippen LogP contribution in [0.15, 0.2) is 12.5 Å². The Bertz CT molecular complexity index is 872. The normalized spacial score (nSPS) is 18.4. The van der Waals surface area contributed by atoms with Crippen LogP contribution in [0.3, 0.4) is 0 Å². The van der Waals surface area contributed by atoms with Crippen molar-refractivity contribution in [1.82, 2.24) is 25.5 Å². The summed E-state index contributed by atoms with van der Waals surface area (Å²) in [6.07, 6.45) is 3.45. The average molecular weight is 466 g/mol. The zero-order chi connectivity index (χ0) is 24.7. The molecular formula is C20H31N7O6. The topological polar surface area (TPSA) is 214 Å². The van der Waals surface area contributed by atoms with E-state index < -0.39 is 60.2 Å². The number of nitrogens with one attached hydrogen (secondary N) is 3. The Balaban J connectivity index is 2.19. The van der Waals surface area contributed by atoms with Crippen molar-refractivity contribution in [3.63, 3.8) is 0 Å². The van der Waals surface area contributed by atoms with Crippen molar-refractivity contribution < 1.29 is 29.1 Å². The van der Waals surface area contributed by atoms with Gasteiger partial charge in [-0.15, -0.1) is 0 Å². The summed E-state index contributed by atoms with van der Waals surface area (Å²) in [5.41, 5.74) is 11.4. The molecule has 1 aromatic heterocycles. The number of carboxylic acids is 1. The molecule has 4 amide bonds. The number of primary amides is 1. The Morgan fingerprint density at radius 2 is 1.97 bits per heavy atom. The smallest absolute Gasteiger partial charge is 0.326 e. The quantitative estimate of drug-likeness (QED) is 0.211. The van der Waals surface area contributed by atoms with E-state index in [1.54, 1.807) is 13.8 Å². The third-order valence-electron chi connectivity index (χ3n) is 5.42. The monoisotopic (exact) mass is 465 g/mol. The first-order chi connectivity index (χ1) is 15.5. The molecule has 182 valence electrons. The number of nitrogens with two attached hydrogens (primary N) is 2. The number of hydrogen-bond acceptors (Lipinski definition) is 7. The largest absolute Gasteiger partial charge is 0.480 e. The molecule has 33 heavy (non-hydrogen) atoms. The molecule has 1 aromatic rings. The van der Waals surface area contributed by atoms with Crippen LogP contribution >= 0.6 is 0 Å². The number of imidazole rings is 1. The van der Waals surface area contributed by atoms with E-state index in [9.17, 15) is 29.1 Å². The van der Waals surface area contributed by atoms with Gasteiger partial charge in [0.2, 0.25) is 23.6 Å². The van der Waals surface area contributed by atoms with Gasteiger partial charge in [0.1, 0.15) is 18.1 Å². The number of carbonyl (C=O) groups is 5. The fraction of sp³-hybridized carbons (Fsp3) is 0.600. The molecule has 1 fully saturated rings. The zero-order valence-corrected chi connectivity index (χ0v) is 18.6. The lowest BCUT2D eigenvalue weighted by Gasteiger charge is -2.30. The van der Waals surface area contributed by atoms with Crippen LogP contribution < -0.4 is 22.1 Å². The predicted molar refractivity (Wildman–Crippen MR) is 115 cm³/mol. The minimum absolute atomic E-state index is 0.0441. The minimum atomic E-state index is -1.24. The number of nitrogens with zero attached hydrogens (tertiary/aromatic N) is 2. The van der Waals surface area contributed by atoms with Crippen LogP contribution in [0.1, 0.15) is 38.8 Å². The van der Waals surface area contributed by atoms with Crippen LogP contribution in [0, 0.1) is 5.92 Å². The maximum absolute atomic E-state index is 13.4. The summed E-state index contributed by atoms with van der Waals surface area (Å²) >= 11 is 0. The summed E-state index contributed by atoms with van der Waals surface area (Å²) in [5.74, 6) is -4.11. The molecule has 1 aliphatic heterocycles. The van der Waals surface area contributed by atoms with Crippen molar-refractivity contribution in [2.24, 2.45) is 17.4 Å². The third kappa shape index (κ3) is 7.00. The second-order valence-electron chi connectivity index (χ2n) is 8.38. The van der Waals surface area contributed by atoms with Crippen molar-refractivity contribution in [2.75, 3.05) is 6.54 Å². The van der Waals surface area contributed by atoms with Crippen LogP contribution in [0.5, 0.6) is 0 Å². The Hall–Kier alpha value is -3.48. The fourth-order valence-corrected chi connectivity index (χ4v) is 3.67. The highest BCUT2D eigenvalue weighted by molar-refractivity contribution is 5.95. The molecule has 4 unspecified atom stereocenters. The highest BCUT2D eigenvalue weighted by Crippen LogP contribution is 2.20. The number of carbonyl (C=O) groups excluding carboxylic acids is 4. The highest BCUT2D eigenvalue weighted by Gasteiger charge is 2.39. The van der Waals surface area contributed by atoms with E-state index in [2.05, 4.69) is 20.6 Å². The van der Waals surface area contributed by atoms with Crippen LogP contribution in [-0.4, -0.2) is 80.3 Å². The van der Waals surface area contributed by atoms with Gasteiger partial charge in [0.05, 0.1) is 18.8 Å². The van der Waals surface area contributed by atoms with Gasteiger partial charge in [-0.05, 0) is 18.8 Å². The number of hydrogen-bond donors (Lipinski definition) is 6. The maximum Gasteiger partial charge on any atom is 0.326 e. The molecule has 0 aliphatic carbocycles. The summed E-state index contributed by atoms with van der Waals surface area (Å²) in [6.45, 7) is 3.60. The first-order valence-corrected chi connectivity index (χ1v) is 10.7. The molecular weight excluding hydrogens is 434 g/mol. The summed E-state index contributed by atoms with van der Waals surface area (Å²) in [6, 6.07) is -4.30. The molecule has 1 aliphatic rings. The lowest BCUT2D eigenvalue weighted by atomic mass is 10.0. The van der Waals surface area contributed by atoms with Gasteiger partial charge in [-0.25, -0.2) is 9.78 Å². The van der Waals surface area contributed by atoms with Crippen molar-refractivity contribution in [2.45, 2.75) is 63.7 Å². The van der Waals surface area contributed by atoms with Crippen LogP contribution in [-0.2, 0) is 30.4 Å². The summed E-state index contributed by atoms with van der Waals surface area (Å²) < 4.78 is 0. The number of aliphatic carboxylic acids is 1. The average Bonchev–Trinajstić information content (AvgIpc) is 3.41. The van der Waals surface area contributed by atoms with E-state index in [-0.39, 0.29) is 18.9 Å². The summed E-state index contributed by atoms with van der Waals surface area (Å²) in [7, 11) is 0. The number of H-pyrrole nitrogens is 1. The minimum Gasteiger partial charge on any atom is -0.480 e. The molecule has 0 aromatic carbocycles. The van der Waals surface area contributed by atoms with E-state index in [0.717, 1.165) is 0 Å². The lowest BCUT2D eigenvalue weighted by Crippen LogP contribution is -2.58. The molecule has 2 rings (SSSR count). The van der Waals surface area contributed by atoms with Crippen LogP contribution in [0.2, 0.25) is 0 Å². The molecule has 0 saturated carbocycles. The Morgan fingerprint density at radius 3 is 2.52 bits per heavy atom. The van der Waals surface area contributed by atoms with Gasteiger partial charge in [0.25, 0.3) is 0 Å². The first kappa shape index (κ1) is 25.8. The molecule has 4 atom stereocenters. The number of aromatic nitrogens is 2. The van der Waals surface area contributed by atoms with E-state index in [0.29, 0.717) is 18.5 Å². The third-order valence-corrected chi connectivity index (χ3v) is 5.42. The van der Waals surface area contributed by atoms with Crippen LogP contribution in [0.4, 0.5) is 0 Å². The molecule has 13 heteroatoms. The van der Waals surface area contributed by atoms with Crippen molar-refractivity contribution >= 4 is 29.6 Å². The van der Waals surface area contributed by atoms with Gasteiger partial charge < -0.3 is 37.1 Å². The number of aromatic amines is 1. The van der Waals surface area contributed by atoms with Gasteiger partial charge in [0, 0.05) is 24.9 Å². The molecule has 0 bridgehead atoms. The number of carboxylic acid groups (broad SMARTS) is 1. The summed E-state index contributed by atoms with van der Waals surface area (Å²) in [5, 5.41) is 14.4. The van der Waals surface area contributed by atoms with E-state index in [1.807, 2.05) is 0 Å². The molecule has 0 radical (unpaired) electrons. The van der Waals surface area contributed by atoms with Gasteiger partial charge in [-0.3, -0.25) is 19.2 Å². The van der Waals surface area contributed by atoms with E-state index in [4.69, 9.17) is 11.5 Å². The first-order valence-electron chi connectivity index (χ1n) is 10.7. The molecule has 13 nitrogen and oxygen atoms in total. The number of likely N-dealkylation sites (tertiary alicyclic amines) is 1. The highest BCUT2D eigenvalue weighted by atomic mass is 16.4. The van der Waals surface area contributed by atoms with Gasteiger partial charge in [0.15, 0.2) is 0 Å². The Kier molecular flexibility index (Phi) is 8.91. The van der Waals surface area contributed by atoms with Crippen molar-refractivity contribution in [1.29, 1.82) is 0 Å². The SMILES string of the molecule is CC(C)C(NC(=O)C1CCCN1C(=O)C(Cc1cnc[nH]1)NC(=O)C(N)CC(N)=O)C(=O)O. The second kappa shape index (κ2) is 11.4. The number of rotatable bonds is 11.